The maximum atomic E-state index is 10.4. The number of ether oxygens (including phenoxy) is 1. The van der Waals surface area contributed by atoms with Crippen LogP contribution in [0.25, 0.3) is 6.08 Å². The average Bonchev–Trinajstić information content (AvgIpc) is 2.83. The van der Waals surface area contributed by atoms with Crippen LogP contribution in [0, 0.1) is 13.8 Å². The van der Waals surface area contributed by atoms with E-state index in [1.165, 1.54) is 28.5 Å². The van der Waals surface area contributed by atoms with Crippen molar-refractivity contribution in [2.24, 2.45) is 0 Å². The maximum absolute atomic E-state index is 10.4. The Morgan fingerprint density at radius 3 is 2.71 bits per heavy atom. The molecule has 0 fully saturated rings. The van der Waals surface area contributed by atoms with Crippen LogP contribution in [0.5, 0.6) is 5.75 Å². The van der Waals surface area contributed by atoms with Crippen LogP contribution in [0.1, 0.15) is 21.8 Å². The number of rotatable bonds is 6. The number of aryl methyl sites for hydroxylation is 2. The fraction of sp³-hybridized carbons (Fsp3) is 0.250. The van der Waals surface area contributed by atoms with Crippen LogP contribution in [0.3, 0.4) is 0 Å². The van der Waals surface area contributed by atoms with Crippen molar-refractivity contribution in [3.05, 3.63) is 51.5 Å². The Labute approximate surface area is 127 Å². The summed E-state index contributed by atoms with van der Waals surface area (Å²) >= 11 is 1.51. The first kappa shape index (κ1) is 15.3. The number of carboxylic acid groups (broad SMARTS) is 1. The van der Waals surface area contributed by atoms with Crippen LogP contribution >= 0.6 is 11.3 Å². The lowest BCUT2D eigenvalue weighted by Crippen LogP contribution is -2.01. The fourth-order valence-corrected chi connectivity index (χ4v) is 2.69. The topological polar surface area (TPSA) is 59.4 Å². The minimum absolute atomic E-state index is 0.554. The molecule has 0 unspecified atom stereocenters. The Hall–Kier alpha value is -2.14. The Morgan fingerprint density at radius 1 is 1.33 bits per heavy atom. The highest BCUT2D eigenvalue weighted by Crippen LogP contribution is 2.17. The summed E-state index contributed by atoms with van der Waals surface area (Å²) in [7, 11) is 0. The Morgan fingerprint density at radius 2 is 2.05 bits per heavy atom. The summed E-state index contributed by atoms with van der Waals surface area (Å²) in [5.41, 5.74) is 3.03. The van der Waals surface area contributed by atoms with Gasteiger partial charge in [0.1, 0.15) is 5.75 Å². The highest BCUT2D eigenvalue weighted by molar-refractivity contribution is 7.09. The maximum Gasteiger partial charge on any atom is 0.328 e. The SMILES string of the molecule is Cc1cc(C)cc(OCCc2nc(/C=C/C(=O)O)cs2)c1. The van der Waals surface area contributed by atoms with Gasteiger partial charge in [0.2, 0.25) is 0 Å². The van der Waals surface area contributed by atoms with Gasteiger partial charge >= 0.3 is 5.97 Å². The Kier molecular flexibility index (Phi) is 5.11. The first-order valence-corrected chi connectivity index (χ1v) is 7.47. The van der Waals surface area contributed by atoms with Crippen LogP contribution in [0.15, 0.2) is 29.7 Å². The minimum Gasteiger partial charge on any atom is -0.493 e. The van der Waals surface area contributed by atoms with Gasteiger partial charge < -0.3 is 9.84 Å². The van der Waals surface area contributed by atoms with E-state index < -0.39 is 5.97 Å². The second-order valence-corrected chi connectivity index (χ2v) is 5.70. The normalized spacial score (nSPS) is 11.0. The van der Waals surface area contributed by atoms with E-state index in [0.29, 0.717) is 18.7 Å². The molecule has 4 nitrogen and oxygen atoms in total. The van der Waals surface area contributed by atoms with Gasteiger partial charge in [-0.3, -0.25) is 0 Å². The summed E-state index contributed by atoms with van der Waals surface area (Å²) in [5.74, 6) is -0.0993. The van der Waals surface area contributed by atoms with Gasteiger partial charge in [-0.05, 0) is 43.2 Å². The van der Waals surface area contributed by atoms with Gasteiger partial charge in [0.15, 0.2) is 0 Å². The number of nitrogens with zero attached hydrogens (tertiary/aromatic N) is 1. The highest BCUT2D eigenvalue weighted by atomic mass is 32.1. The van der Waals surface area contributed by atoms with Crippen molar-refractivity contribution >= 4 is 23.4 Å². The number of carbonyl (C=O) groups is 1. The van der Waals surface area contributed by atoms with E-state index in [1.807, 2.05) is 31.4 Å². The molecule has 1 N–H and O–H groups in total. The third-order valence-electron chi connectivity index (χ3n) is 2.75. The highest BCUT2D eigenvalue weighted by Gasteiger charge is 2.02. The van der Waals surface area contributed by atoms with Crippen LogP contribution in [-0.2, 0) is 11.2 Å². The zero-order chi connectivity index (χ0) is 15.2. The summed E-state index contributed by atoms with van der Waals surface area (Å²) in [6.07, 6.45) is 3.29. The number of aliphatic carboxylic acids is 1. The minimum atomic E-state index is -0.970. The summed E-state index contributed by atoms with van der Waals surface area (Å²) in [6.45, 7) is 4.64. The van der Waals surface area contributed by atoms with Crippen molar-refractivity contribution in [2.75, 3.05) is 6.61 Å². The van der Waals surface area contributed by atoms with Crippen molar-refractivity contribution in [1.82, 2.24) is 4.98 Å². The summed E-state index contributed by atoms with van der Waals surface area (Å²) in [5, 5.41) is 11.3. The standard InChI is InChI=1S/C16H17NO3S/c1-11-7-12(2)9-14(8-11)20-6-5-15-17-13(10-21-15)3-4-16(18)19/h3-4,7-10H,5-6H2,1-2H3,(H,18,19)/b4-3+. The lowest BCUT2D eigenvalue weighted by atomic mass is 10.1. The molecule has 2 aromatic rings. The molecule has 0 spiro atoms. The van der Waals surface area contributed by atoms with E-state index in [-0.39, 0.29) is 0 Å². The van der Waals surface area contributed by atoms with E-state index in [4.69, 9.17) is 9.84 Å². The molecule has 1 aromatic heterocycles. The Bertz CT molecular complexity index is 641. The van der Waals surface area contributed by atoms with Crippen LogP contribution in [0.4, 0.5) is 0 Å². The Balaban J connectivity index is 1.87. The molecule has 5 heteroatoms. The third kappa shape index (κ3) is 5.04. The molecule has 110 valence electrons. The number of thiazole rings is 1. The zero-order valence-electron chi connectivity index (χ0n) is 12.0. The largest absolute Gasteiger partial charge is 0.493 e. The van der Waals surface area contributed by atoms with E-state index in [9.17, 15) is 4.79 Å². The number of carboxylic acids is 1. The number of hydrogen-bond acceptors (Lipinski definition) is 4. The van der Waals surface area contributed by atoms with Gasteiger partial charge in [-0.25, -0.2) is 9.78 Å². The summed E-state index contributed by atoms with van der Waals surface area (Å²) in [4.78, 5) is 14.8. The molecular weight excluding hydrogens is 286 g/mol. The molecule has 0 aliphatic rings. The molecule has 0 amide bonds. The second-order valence-electron chi connectivity index (χ2n) is 4.76. The van der Waals surface area contributed by atoms with Gasteiger partial charge in [0.25, 0.3) is 0 Å². The number of aromatic nitrogens is 1. The first-order valence-electron chi connectivity index (χ1n) is 6.59. The monoisotopic (exact) mass is 303 g/mol. The smallest absolute Gasteiger partial charge is 0.328 e. The molecule has 0 saturated heterocycles. The second kappa shape index (κ2) is 7.04. The van der Waals surface area contributed by atoms with Crippen molar-refractivity contribution in [3.8, 4) is 5.75 Å². The molecule has 0 aliphatic heterocycles. The molecule has 0 saturated carbocycles. The van der Waals surface area contributed by atoms with Gasteiger partial charge in [-0.1, -0.05) is 6.07 Å². The predicted molar refractivity (Wildman–Crippen MR) is 83.9 cm³/mol. The molecular formula is C16H17NO3S. The molecule has 0 radical (unpaired) electrons. The van der Waals surface area contributed by atoms with Crippen molar-refractivity contribution in [3.63, 3.8) is 0 Å². The van der Waals surface area contributed by atoms with E-state index in [1.54, 1.807) is 0 Å². The van der Waals surface area contributed by atoms with Crippen molar-refractivity contribution < 1.29 is 14.6 Å². The van der Waals surface area contributed by atoms with Crippen molar-refractivity contribution in [2.45, 2.75) is 20.3 Å². The molecule has 2 rings (SSSR count). The van der Waals surface area contributed by atoms with E-state index >= 15 is 0 Å². The van der Waals surface area contributed by atoms with Crippen LogP contribution in [0.2, 0.25) is 0 Å². The van der Waals surface area contributed by atoms with Crippen LogP contribution < -0.4 is 4.74 Å². The van der Waals surface area contributed by atoms with Gasteiger partial charge in [0, 0.05) is 17.9 Å². The number of hydrogen-bond donors (Lipinski definition) is 1. The third-order valence-corrected chi connectivity index (χ3v) is 3.67. The predicted octanol–water partition coefficient (Wildman–Crippen LogP) is 3.48. The lowest BCUT2D eigenvalue weighted by Gasteiger charge is -2.07. The average molecular weight is 303 g/mol. The first-order chi connectivity index (χ1) is 10.0. The van der Waals surface area contributed by atoms with E-state index in [2.05, 4.69) is 11.1 Å². The molecule has 21 heavy (non-hydrogen) atoms. The van der Waals surface area contributed by atoms with Crippen LogP contribution in [-0.4, -0.2) is 22.7 Å². The molecule has 1 aromatic carbocycles. The van der Waals surface area contributed by atoms with E-state index in [0.717, 1.165) is 16.8 Å². The molecule has 0 atom stereocenters. The zero-order valence-corrected chi connectivity index (χ0v) is 12.8. The van der Waals surface area contributed by atoms with Gasteiger partial charge in [-0.2, -0.15) is 0 Å². The quantitative estimate of drug-likeness (QED) is 0.830. The van der Waals surface area contributed by atoms with Crippen molar-refractivity contribution in [1.29, 1.82) is 0 Å². The summed E-state index contributed by atoms with van der Waals surface area (Å²) in [6, 6.07) is 6.13. The fourth-order valence-electron chi connectivity index (χ4n) is 1.95. The molecule has 1 heterocycles. The number of benzene rings is 1. The molecule has 0 aliphatic carbocycles. The van der Waals surface area contributed by atoms with Gasteiger partial charge in [0.05, 0.1) is 17.3 Å². The summed E-state index contributed by atoms with van der Waals surface area (Å²) < 4.78 is 5.73. The lowest BCUT2D eigenvalue weighted by molar-refractivity contribution is -0.131. The van der Waals surface area contributed by atoms with Gasteiger partial charge in [-0.15, -0.1) is 11.3 Å². The molecule has 0 bridgehead atoms.